The summed E-state index contributed by atoms with van der Waals surface area (Å²) >= 11 is 0. The van der Waals surface area contributed by atoms with Crippen molar-refractivity contribution in [2.75, 3.05) is 24.2 Å². The van der Waals surface area contributed by atoms with Crippen molar-refractivity contribution in [3.63, 3.8) is 0 Å². The monoisotopic (exact) mass is 263 g/mol. The highest BCUT2D eigenvalue weighted by molar-refractivity contribution is 5.78. The van der Waals surface area contributed by atoms with Crippen LogP contribution in [0.5, 0.6) is 0 Å². The Hall–Kier alpha value is -1.75. The van der Waals surface area contributed by atoms with Crippen molar-refractivity contribution in [3.8, 4) is 0 Å². The first kappa shape index (κ1) is 13.7. The van der Waals surface area contributed by atoms with Gasteiger partial charge in [0.05, 0.1) is 0 Å². The molecule has 1 heterocycles. The van der Waals surface area contributed by atoms with Gasteiger partial charge in [-0.1, -0.05) is 13.3 Å². The van der Waals surface area contributed by atoms with E-state index in [9.17, 15) is 0 Å². The second-order valence-electron chi connectivity index (χ2n) is 4.79. The fraction of sp³-hybridized carbons (Fsp3) is 0.500. The number of aromatic nitrogens is 1. The predicted molar refractivity (Wildman–Crippen MR) is 77.0 cm³/mol. The Labute approximate surface area is 112 Å². The van der Waals surface area contributed by atoms with Crippen LogP contribution in [0.3, 0.4) is 0 Å². The molecule has 1 atom stereocenters. The van der Waals surface area contributed by atoms with Crippen LogP contribution in [0.1, 0.15) is 26.2 Å². The smallest absolute Gasteiger partial charge is 0.295 e. The molecule has 0 saturated heterocycles. The van der Waals surface area contributed by atoms with Crippen molar-refractivity contribution in [1.29, 1.82) is 0 Å². The van der Waals surface area contributed by atoms with Gasteiger partial charge in [0.25, 0.3) is 6.01 Å². The van der Waals surface area contributed by atoms with Crippen molar-refractivity contribution in [2.24, 2.45) is 5.92 Å². The van der Waals surface area contributed by atoms with Crippen LogP contribution in [-0.4, -0.2) is 23.2 Å². The zero-order valence-electron chi connectivity index (χ0n) is 11.2. The number of rotatable bonds is 7. The summed E-state index contributed by atoms with van der Waals surface area (Å²) in [6.45, 7) is 3.12. The normalized spacial score (nSPS) is 12.7. The summed E-state index contributed by atoms with van der Waals surface area (Å²) in [6, 6.07) is 5.92. The van der Waals surface area contributed by atoms with E-state index in [0.717, 1.165) is 36.9 Å². The summed E-state index contributed by atoms with van der Waals surface area (Å²) in [7, 11) is 0. The Morgan fingerprint density at radius 1 is 1.42 bits per heavy atom. The number of anilines is 2. The zero-order chi connectivity index (χ0) is 13.7. The first-order chi connectivity index (χ1) is 9.22. The summed E-state index contributed by atoms with van der Waals surface area (Å²) in [6.07, 6.45) is 2.99. The van der Waals surface area contributed by atoms with Crippen LogP contribution in [0.4, 0.5) is 11.7 Å². The first-order valence-corrected chi connectivity index (χ1v) is 6.73. The van der Waals surface area contributed by atoms with Crippen molar-refractivity contribution in [2.45, 2.75) is 26.2 Å². The number of nitrogens with zero attached hydrogens (tertiary/aromatic N) is 1. The van der Waals surface area contributed by atoms with Crippen LogP contribution in [0.25, 0.3) is 11.1 Å². The summed E-state index contributed by atoms with van der Waals surface area (Å²) in [4.78, 5) is 4.35. The molecule has 5 heteroatoms. The van der Waals surface area contributed by atoms with Gasteiger partial charge in [0.15, 0.2) is 5.58 Å². The van der Waals surface area contributed by atoms with Gasteiger partial charge in [-0.3, -0.25) is 0 Å². The molecule has 104 valence electrons. The molecule has 2 aromatic rings. The maximum atomic E-state index is 9.02. The van der Waals surface area contributed by atoms with Gasteiger partial charge in [-0.15, -0.1) is 0 Å². The van der Waals surface area contributed by atoms with E-state index in [1.165, 1.54) is 0 Å². The third-order valence-corrected chi connectivity index (χ3v) is 3.19. The predicted octanol–water partition coefficient (Wildman–Crippen LogP) is 2.62. The lowest BCUT2D eigenvalue weighted by molar-refractivity contribution is 0.255. The third kappa shape index (κ3) is 3.61. The quantitative estimate of drug-likeness (QED) is 0.669. The van der Waals surface area contributed by atoms with Crippen LogP contribution >= 0.6 is 0 Å². The highest BCUT2D eigenvalue weighted by Gasteiger charge is 2.10. The molecule has 1 unspecified atom stereocenters. The highest BCUT2D eigenvalue weighted by atomic mass is 16.4. The summed E-state index contributed by atoms with van der Waals surface area (Å²) < 4.78 is 5.59. The van der Waals surface area contributed by atoms with E-state index in [1.54, 1.807) is 12.1 Å². The van der Waals surface area contributed by atoms with Gasteiger partial charge in [0.1, 0.15) is 5.52 Å². The molecule has 0 saturated carbocycles. The SMILES string of the molecule is CCCC(CCO)CNc1nc2cc(N)ccc2o1. The van der Waals surface area contributed by atoms with Crippen LogP contribution in [0.2, 0.25) is 0 Å². The number of hydrogen-bond acceptors (Lipinski definition) is 5. The Balaban J connectivity index is 2.00. The van der Waals surface area contributed by atoms with Gasteiger partial charge in [0, 0.05) is 18.8 Å². The molecule has 2 rings (SSSR count). The van der Waals surface area contributed by atoms with Gasteiger partial charge < -0.3 is 20.6 Å². The van der Waals surface area contributed by atoms with E-state index >= 15 is 0 Å². The molecule has 4 N–H and O–H groups in total. The molecule has 0 fully saturated rings. The number of nitrogen functional groups attached to an aromatic ring is 1. The minimum absolute atomic E-state index is 0.219. The lowest BCUT2D eigenvalue weighted by Crippen LogP contribution is -2.15. The van der Waals surface area contributed by atoms with Crippen LogP contribution in [0, 0.1) is 5.92 Å². The van der Waals surface area contributed by atoms with E-state index in [-0.39, 0.29) is 6.61 Å². The van der Waals surface area contributed by atoms with Crippen molar-refractivity contribution in [3.05, 3.63) is 18.2 Å². The van der Waals surface area contributed by atoms with Crippen molar-refractivity contribution < 1.29 is 9.52 Å². The third-order valence-electron chi connectivity index (χ3n) is 3.19. The minimum Gasteiger partial charge on any atom is -0.424 e. The second kappa shape index (κ2) is 6.43. The van der Waals surface area contributed by atoms with Crippen LogP contribution in [-0.2, 0) is 0 Å². The number of aliphatic hydroxyl groups is 1. The largest absolute Gasteiger partial charge is 0.424 e. The lowest BCUT2D eigenvalue weighted by Gasteiger charge is -2.14. The molecular formula is C14H21N3O2. The fourth-order valence-electron chi connectivity index (χ4n) is 2.19. The van der Waals surface area contributed by atoms with E-state index in [4.69, 9.17) is 15.3 Å². The minimum atomic E-state index is 0.219. The Morgan fingerprint density at radius 2 is 2.26 bits per heavy atom. The fourth-order valence-corrected chi connectivity index (χ4v) is 2.19. The van der Waals surface area contributed by atoms with E-state index < -0.39 is 0 Å². The number of oxazole rings is 1. The Bertz CT molecular complexity index is 518. The van der Waals surface area contributed by atoms with Gasteiger partial charge in [0.2, 0.25) is 0 Å². The summed E-state index contributed by atoms with van der Waals surface area (Å²) in [5, 5.41) is 12.2. The molecule has 1 aromatic heterocycles. The second-order valence-corrected chi connectivity index (χ2v) is 4.79. The molecule has 0 aliphatic heterocycles. The maximum Gasteiger partial charge on any atom is 0.295 e. The maximum absolute atomic E-state index is 9.02. The highest BCUT2D eigenvalue weighted by Crippen LogP contribution is 2.21. The average Bonchev–Trinajstić information content (AvgIpc) is 2.78. The van der Waals surface area contributed by atoms with Crippen LogP contribution < -0.4 is 11.1 Å². The number of fused-ring (bicyclic) bond motifs is 1. The number of aliphatic hydroxyl groups excluding tert-OH is 1. The molecule has 5 nitrogen and oxygen atoms in total. The topological polar surface area (TPSA) is 84.3 Å². The molecule has 0 bridgehead atoms. The van der Waals surface area contributed by atoms with Crippen LogP contribution in [0.15, 0.2) is 22.6 Å². The number of nitrogens with one attached hydrogen (secondary N) is 1. The van der Waals surface area contributed by atoms with Gasteiger partial charge in [-0.2, -0.15) is 4.98 Å². The number of hydrogen-bond donors (Lipinski definition) is 3. The molecule has 0 radical (unpaired) electrons. The summed E-state index contributed by atoms with van der Waals surface area (Å²) in [5.74, 6) is 0.440. The molecule has 0 spiro atoms. The zero-order valence-corrected chi connectivity index (χ0v) is 11.2. The first-order valence-electron chi connectivity index (χ1n) is 6.73. The van der Waals surface area contributed by atoms with Gasteiger partial charge in [-0.05, 0) is 37.0 Å². The molecular weight excluding hydrogens is 242 g/mol. The van der Waals surface area contributed by atoms with Crippen molar-refractivity contribution >= 4 is 22.8 Å². The van der Waals surface area contributed by atoms with Crippen molar-refractivity contribution in [1.82, 2.24) is 4.98 Å². The Kier molecular flexibility index (Phi) is 4.63. The molecule has 0 aliphatic rings. The molecule has 0 amide bonds. The standard InChI is InChI=1S/C14H21N3O2/c1-2-3-10(6-7-18)9-16-14-17-12-8-11(15)4-5-13(12)19-14/h4-5,8,10,18H,2-3,6-7,9,15H2,1H3,(H,16,17). The number of benzene rings is 1. The number of nitrogens with two attached hydrogens (primary N) is 1. The van der Waals surface area contributed by atoms with Gasteiger partial charge >= 0.3 is 0 Å². The Morgan fingerprint density at radius 3 is 3.00 bits per heavy atom. The summed E-state index contributed by atoms with van der Waals surface area (Å²) in [5.41, 5.74) is 7.87. The molecule has 19 heavy (non-hydrogen) atoms. The van der Waals surface area contributed by atoms with E-state index in [1.807, 2.05) is 6.07 Å². The van der Waals surface area contributed by atoms with Gasteiger partial charge in [-0.25, -0.2) is 0 Å². The molecule has 0 aliphatic carbocycles. The molecule has 1 aromatic carbocycles. The lowest BCUT2D eigenvalue weighted by atomic mass is 10.0. The van der Waals surface area contributed by atoms with E-state index in [0.29, 0.717) is 17.6 Å². The average molecular weight is 263 g/mol. The van der Waals surface area contributed by atoms with E-state index in [2.05, 4.69) is 17.2 Å².